The van der Waals surface area contributed by atoms with Crippen molar-refractivity contribution in [3.8, 4) is 0 Å². The summed E-state index contributed by atoms with van der Waals surface area (Å²) in [6.07, 6.45) is 0. The molecule has 0 aliphatic heterocycles. The number of benzene rings is 1. The molecule has 0 saturated carbocycles. The Bertz CT molecular complexity index is 581. The van der Waals surface area contributed by atoms with E-state index in [0.29, 0.717) is 0 Å². The van der Waals surface area contributed by atoms with E-state index in [-0.39, 0.29) is 5.82 Å². The Kier molecular flexibility index (Phi) is 5.28. The summed E-state index contributed by atoms with van der Waals surface area (Å²) in [6, 6.07) is 10.6. The van der Waals surface area contributed by atoms with E-state index in [1.54, 1.807) is 12.1 Å². The molecular formula is C17H22FN3. The molecule has 3 nitrogen and oxygen atoms in total. The molecule has 0 unspecified atom stereocenters. The molecule has 0 amide bonds. The second kappa shape index (κ2) is 7.18. The van der Waals surface area contributed by atoms with Gasteiger partial charge in [-0.25, -0.2) is 9.37 Å². The van der Waals surface area contributed by atoms with Crippen molar-refractivity contribution in [2.24, 2.45) is 0 Å². The van der Waals surface area contributed by atoms with Crippen LogP contribution in [0.5, 0.6) is 0 Å². The van der Waals surface area contributed by atoms with E-state index in [0.717, 1.165) is 36.8 Å². The van der Waals surface area contributed by atoms with Crippen molar-refractivity contribution in [1.82, 2.24) is 10.3 Å². The number of anilines is 2. The van der Waals surface area contributed by atoms with Gasteiger partial charge in [0.15, 0.2) is 0 Å². The number of nitrogens with zero attached hydrogens (tertiary/aromatic N) is 2. The van der Waals surface area contributed by atoms with Crippen LogP contribution in [0.2, 0.25) is 0 Å². The number of hydrogen-bond donors (Lipinski definition) is 1. The highest BCUT2D eigenvalue weighted by atomic mass is 19.1. The van der Waals surface area contributed by atoms with Gasteiger partial charge in [0.05, 0.1) is 0 Å². The first-order valence-electron chi connectivity index (χ1n) is 7.36. The Hall–Kier alpha value is -1.94. The molecule has 0 radical (unpaired) electrons. The summed E-state index contributed by atoms with van der Waals surface area (Å²) >= 11 is 0. The average molecular weight is 287 g/mol. The standard InChI is InChI=1S/C17H22FN3/c1-4-19-12-14-6-11-17(20-13(14)3)21(5-2)16-9-7-15(18)8-10-16/h6-11,19H,4-5,12H2,1-3H3. The van der Waals surface area contributed by atoms with Crippen molar-refractivity contribution in [3.05, 3.63) is 53.5 Å². The number of aromatic nitrogens is 1. The Balaban J connectivity index is 2.26. The van der Waals surface area contributed by atoms with Crippen molar-refractivity contribution in [3.63, 3.8) is 0 Å². The van der Waals surface area contributed by atoms with E-state index in [2.05, 4.69) is 35.1 Å². The summed E-state index contributed by atoms with van der Waals surface area (Å²) in [7, 11) is 0. The van der Waals surface area contributed by atoms with Gasteiger partial charge in [-0.15, -0.1) is 0 Å². The lowest BCUT2D eigenvalue weighted by Gasteiger charge is -2.23. The zero-order valence-electron chi connectivity index (χ0n) is 12.9. The molecule has 1 aromatic heterocycles. The van der Waals surface area contributed by atoms with Gasteiger partial charge >= 0.3 is 0 Å². The fourth-order valence-electron chi connectivity index (χ4n) is 2.27. The minimum Gasteiger partial charge on any atom is -0.327 e. The molecule has 0 aliphatic rings. The van der Waals surface area contributed by atoms with Gasteiger partial charge in [0.2, 0.25) is 0 Å². The van der Waals surface area contributed by atoms with Gasteiger partial charge in [-0.3, -0.25) is 0 Å². The smallest absolute Gasteiger partial charge is 0.133 e. The van der Waals surface area contributed by atoms with E-state index in [4.69, 9.17) is 0 Å². The first kappa shape index (κ1) is 15.4. The summed E-state index contributed by atoms with van der Waals surface area (Å²) in [5.41, 5.74) is 3.18. The second-order valence-electron chi connectivity index (χ2n) is 4.91. The molecule has 0 fully saturated rings. The van der Waals surface area contributed by atoms with Crippen molar-refractivity contribution in [2.45, 2.75) is 27.3 Å². The van der Waals surface area contributed by atoms with Gasteiger partial charge < -0.3 is 10.2 Å². The van der Waals surface area contributed by atoms with Crippen LogP contribution >= 0.6 is 0 Å². The second-order valence-corrected chi connectivity index (χ2v) is 4.91. The van der Waals surface area contributed by atoms with Crippen LogP contribution in [0.3, 0.4) is 0 Å². The lowest BCUT2D eigenvalue weighted by molar-refractivity contribution is 0.627. The number of hydrogen-bond acceptors (Lipinski definition) is 3. The van der Waals surface area contributed by atoms with Gasteiger partial charge in [0.25, 0.3) is 0 Å². The first-order valence-corrected chi connectivity index (χ1v) is 7.36. The molecule has 0 atom stereocenters. The van der Waals surface area contributed by atoms with E-state index in [1.165, 1.54) is 17.7 Å². The largest absolute Gasteiger partial charge is 0.327 e. The number of pyridine rings is 1. The number of nitrogens with one attached hydrogen (secondary N) is 1. The molecule has 112 valence electrons. The zero-order chi connectivity index (χ0) is 15.2. The van der Waals surface area contributed by atoms with E-state index >= 15 is 0 Å². The third kappa shape index (κ3) is 3.79. The third-order valence-electron chi connectivity index (χ3n) is 3.48. The molecule has 21 heavy (non-hydrogen) atoms. The van der Waals surface area contributed by atoms with Gasteiger partial charge in [-0.2, -0.15) is 0 Å². The monoisotopic (exact) mass is 287 g/mol. The van der Waals surface area contributed by atoms with Crippen LogP contribution < -0.4 is 10.2 Å². The Morgan fingerprint density at radius 3 is 2.38 bits per heavy atom. The van der Waals surface area contributed by atoms with E-state index in [1.807, 2.05) is 13.0 Å². The van der Waals surface area contributed by atoms with Crippen LogP contribution in [0, 0.1) is 12.7 Å². The fourth-order valence-corrected chi connectivity index (χ4v) is 2.27. The van der Waals surface area contributed by atoms with Crippen LogP contribution in [0.4, 0.5) is 15.9 Å². The summed E-state index contributed by atoms with van der Waals surface area (Å²) in [6.45, 7) is 8.73. The summed E-state index contributed by atoms with van der Waals surface area (Å²) in [5.74, 6) is 0.668. The molecule has 1 aromatic carbocycles. The van der Waals surface area contributed by atoms with Crippen molar-refractivity contribution in [2.75, 3.05) is 18.0 Å². The predicted molar refractivity (Wildman–Crippen MR) is 85.4 cm³/mol. The Morgan fingerprint density at radius 1 is 1.10 bits per heavy atom. The maximum Gasteiger partial charge on any atom is 0.133 e. The molecule has 0 spiro atoms. The van der Waals surface area contributed by atoms with E-state index in [9.17, 15) is 4.39 Å². The SMILES string of the molecule is CCNCc1ccc(N(CC)c2ccc(F)cc2)nc1C. The van der Waals surface area contributed by atoms with Gasteiger partial charge in [0, 0.05) is 24.5 Å². The van der Waals surface area contributed by atoms with Crippen LogP contribution in [0.15, 0.2) is 36.4 Å². The van der Waals surface area contributed by atoms with Gasteiger partial charge in [-0.05, 0) is 56.3 Å². The van der Waals surface area contributed by atoms with Crippen LogP contribution in [-0.2, 0) is 6.54 Å². The molecular weight excluding hydrogens is 265 g/mol. The van der Waals surface area contributed by atoms with Crippen LogP contribution in [0.1, 0.15) is 25.1 Å². The number of aryl methyl sites for hydroxylation is 1. The molecule has 0 aliphatic carbocycles. The Morgan fingerprint density at radius 2 is 1.81 bits per heavy atom. The fraction of sp³-hybridized carbons (Fsp3) is 0.353. The topological polar surface area (TPSA) is 28.2 Å². The molecule has 0 bridgehead atoms. The maximum absolute atomic E-state index is 13.1. The minimum absolute atomic E-state index is 0.222. The Labute approximate surface area is 125 Å². The lowest BCUT2D eigenvalue weighted by Crippen LogP contribution is -2.19. The predicted octanol–water partition coefficient (Wildman–Crippen LogP) is 3.80. The molecule has 1 heterocycles. The third-order valence-corrected chi connectivity index (χ3v) is 3.48. The van der Waals surface area contributed by atoms with Gasteiger partial charge in [0.1, 0.15) is 11.6 Å². The highest BCUT2D eigenvalue weighted by Gasteiger charge is 2.10. The van der Waals surface area contributed by atoms with Crippen molar-refractivity contribution >= 4 is 11.5 Å². The maximum atomic E-state index is 13.1. The highest BCUT2D eigenvalue weighted by Crippen LogP contribution is 2.24. The number of rotatable bonds is 6. The van der Waals surface area contributed by atoms with Crippen LogP contribution in [0.25, 0.3) is 0 Å². The van der Waals surface area contributed by atoms with Crippen molar-refractivity contribution < 1.29 is 4.39 Å². The minimum atomic E-state index is -0.222. The summed E-state index contributed by atoms with van der Waals surface area (Å²) < 4.78 is 13.1. The van der Waals surface area contributed by atoms with E-state index < -0.39 is 0 Å². The molecule has 1 N–H and O–H groups in total. The summed E-state index contributed by atoms with van der Waals surface area (Å²) in [4.78, 5) is 6.76. The zero-order valence-corrected chi connectivity index (χ0v) is 12.9. The molecule has 2 aromatic rings. The average Bonchev–Trinajstić information content (AvgIpc) is 2.49. The molecule has 4 heteroatoms. The molecule has 2 rings (SSSR count). The lowest BCUT2D eigenvalue weighted by atomic mass is 10.2. The molecule has 0 saturated heterocycles. The summed E-state index contributed by atoms with van der Waals surface area (Å²) in [5, 5.41) is 3.31. The number of halogens is 1. The first-order chi connectivity index (χ1) is 10.2. The normalized spacial score (nSPS) is 10.7. The van der Waals surface area contributed by atoms with Gasteiger partial charge in [-0.1, -0.05) is 13.0 Å². The highest BCUT2D eigenvalue weighted by molar-refractivity contribution is 5.60. The van der Waals surface area contributed by atoms with Crippen molar-refractivity contribution in [1.29, 1.82) is 0 Å². The quantitative estimate of drug-likeness (QED) is 0.876. The van der Waals surface area contributed by atoms with Crippen LogP contribution in [-0.4, -0.2) is 18.1 Å².